The predicted molar refractivity (Wildman–Crippen MR) is 56.6 cm³/mol. The molecule has 3 nitrogen and oxygen atoms in total. The van der Waals surface area contributed by atoms with E-state index in [1.54, 1.807) is 31.2 Å². The Hall–Kier alpha value is -1.95. The molecule has 1 aromatic carbocycles. The van der Waals surface area contributed by atoms with Crippen LogP contribution in [0.1, 0.15) is 17.3 Å². The zero-order chi connectivity index (χ0) is 10.6. The molecule has 14 heavy (non-hydrogen) atoms. The van der Waals surface area contributed by atoms with E-state index in [0.717, 1.165) is 0 Å². The smallest absolute Gasteiger partial charge is 0.254 e. The van der Waals surface area contributed by atoms with Gasteiger partial charge < -0.3 is 11.1 Å². The van der Waals surface area contributed by atoms with Gasteiger partial charge >= 0.3 is 0 Å². The highest BCUT2D eigenvalue weighted by atomic mass is 16.1. The van der Waals surface area contributed by atoms with Gasteiger partial charge in [-0.2, -0.15) is 0 Å². The molecule has 0 aromatic heterocycles. The van der Waals surface area contributed by atoms with E-state index in [9.17, 15) is 4.79 Å². The molecule has 72 valence electrons. The first-order chi connectivity index (χ1) is 6.65. The van der Waals surface area contributed by atoms with E-state index in [1.165, 1.54) is 0 Å². The Morgan fingerprint density at radius 2 is 2.21 bits per heavy atom. The second kappa shape index (κ2) is 4.33. The maximum Gasteiger partial charge on any atom is 0.254 e. The second-order valence-corrected chi connectivity index (χ2v) is 2.95. The third-order valence-electron chi connectivity index (χ3n) is 1.80. The molecule has 1 amide bonds. The van der Waals surface area contributed by atoms with Crippen LogP contribution in [-0.2, 0) is 0 Å². The SMILES string of the molecule is C#CC(C)NC(=O)c1ccccc1N. The van der Waals surface area contributed by atoms with E-state index in [0.29, 0.717) is 11.3 Å². The van der Waals surface area contributed by atoms with Crippen molar-refractivity contribution in [1.29, 1.82) is 0 Å². The minimum Gasteiger partial charge on any atom is -0.398 e. The molecule has 0 saturated carbocycles. The summed E-state index contributed by atoms with van der Waals surface area (Å²) in [5.74, 6) is 2.17. The van der Waals surface area contributed by atoms with Crippen molar-refractivity contribution in [1.82, 2.24) is 5.32 Å². The molecule has 0 fully saturated rings. The van der Waals surface area contributed by atoms with Gasteiger partial charge in [0.05, 0.1) is 11.6 Å². The minimum absolute atomic E-state index is 0.242. The largest absolute Gasteiger partial charge is 0.398 e. The highest BCUT2D eigenvalue weighted by Gasteiger charge is 2.09. The number of hydrogen-bond donors (Lipinski definition) is 2. The van der Waals surface area contributed by atoms with Gasteiger partial charge in [0.15, 0.2) is 0 Å². The van der Waals surface area contributed by atoms with E-state index in [2.05, 4.69) is 11.2 Å². The van der Waals surface area contributed by atoms with Crippen LogP contribution < -0.4 is 11.1 Å². The molecule has 1 atom stereocenters. The fourth-order valence-corrected chi connectivity index (χ4v) is 1.02. The van der Waals surface area contributed by atoms with Crippen molar-refractivity contribution in [3.8, 4) is 12.3 Å². The Morgan fingerprint density at radius 3 is 2.79 bits per heavy atom. The van der Waals surface area contributed by atoms with Gasteiger partial charge in [-0.3, -0.25) is 4.79 Å². The summed E-state index contributed by atoms with van der Waals surface area (Å²) in [6.07, 6.45) is 5.14. The molecule has 0 aliphatic carbocycles. The lowest BCUT2D eigenvalue weighted by Gasteiger charge is -2.08. The van der Waals surface area contributed by atoms with Gasteiger partial charge in [-0.15, -0.1) is 6.42 Å². The Balaban J connectivity index is 2.81. The number of carbonyl (C=O) groups is 1. The summed E-state index contributed by atoms with van der Waals surface area (Å²) in [6.45, 7) is 1.73. The number of terminal acetylenes is 1. The highest BCUT2D eigenvalue weighted by Crippen LogP contribution is 2.09. The number of benzene rings is 1. The van der Waals surface area contributed by atoms with Gasteiger partial charge in [-0.1, -0.05) is 18.1 Å². The van der Waals surface area contributed by atoms with E-state index in [1.807, 2.05) is 0 Å². The predicted octanol–water partition coefficient (Wildman–Crippen LogP) is 1.02. The first-order valence-corrected chi connectivity index (χ1v) is 4.26. The second-order valence-electron chi connectivity index (χ2n) is 2.95. The van der Waals surface area contributed by atoms with Gasteiger partial charge in [-0.25, -0.2) is 0 Å². The molecule has 0 saturated heterocycles. The average Bonchev–Trinajstić information content (AvgIpc) is 2.18. The third-order valence-corrected chi connectivity index (χ3v) is 1.80. The number of hydrogen-bond acceptors (Lipinski definition) is 2. The first kappa shape index (κ1) is 10.1. The Bertz CT molecular complexity index is 379. The number of amides is 1. The van der Waals surface area contributed by atoms with Crippen molar-refractivity contribution >= 4 is 11.6 Å². The van der Waals surface area contributed by atoms with Crippen molar-refractivity contribution in [2.24, 2.45) is 0 Å². The molecular weight excluding hydrogens is 176 g/mol. The highest BCUT2D eigenvalue weighted by molar-refractivity contribution is 5.99. The van der Waals surface area contributed by atoms with Gasteiger partial charge in [0.25, 0.3) is 5.91 Å². The molecule has 0 aliphatic heterocycles. The maximum atomic E-state index is 11.5. The summed E-state index contributed by atoms with van der Waals surface area (Å²) in [5, 5.41) is 2.63. The molecule has 3 heteroatoms. The quantitative estimate of drug-likeness (QED) is 0.537. The fraction of sp³-hybridized carbons (Fsp3) is 0.182. The molecule has 0 aliphatic rings. The maximum absolute atomic E-state index is 11.5. The molecule has 0 radical (unpaired) electrons. The zero-order valence-electron chi connectivity index (χ0n) is 7.95. The van der Waals surface area contributed by atoms with E-state index < -0.39 is 0 Å². The number of nitrogens with two attached hydrogens (primary N) is 1. The van der Waals surface area contributed by atoms with Crippen LogP contribution in [-0.4, -0.2) is 11.9 Å². The van der Waals surface area contributed by atoms with Crippen molar-refractivity contribution in [2.45, 2.75) is 13.0 Å². The summed E-state index contributed by atoms with van der Waals surface area (Å²) < 4.78 is 0. The molecule has 0 spiro atoms. The minimum atomic E-state index is -0.290. The van der Waals surface area contributed by atoms with E-state index in [-0.39, 0.29) is 11.9 Å². The summed E-state index contributed by atoms with van der Waals surface area (Å²) in [5.41, 5.74) is 6.53. The lowest BCUT2D eigenvalue weighted by atomic mass is 10.1. The fourth-order valence-electron chi connectivity index (χ4n) is 1.02. The van der Waals surface area contributed by atoms with Crippen molar-refractivity contribution in [2.75, 3.05) is 5.73 Å². The van der Waals surface area contributed by atoms with Crippen LogP contribution in [0, 0.1) is 12.3 Å². The zero-order valence-corrected chi connectivity index (χ0v) is 7.95. The molecule has 1 unspecified atom stereocenters. The van der Waals surface area contributed by atoms with Gasteiger partial charge in [-0.05, 0) is 19.1 Å². The van der Waals surface area contributed by atoms with Gasteiger partial charge in [0.1, 0.15) is 0 Å². The lowest BCUT2D eigenvalue weighted by Crippen LogP contribution is -2.31. The average molecular weight is 188 g/mol. The number of anilines is 1. The lowest BCUT2D eigenvalue weighted by molar-refractivity contribution is 0.0949. The summed E-state index contributed by atoms with van der Waals surface area (Å²) >= 11 is 0. The standard InChI is InChI=1S/C11H12N2O/c1-3-8(2)13-11(14)9-6-4-5-7-10(9)12/h1,4-8H,12H2,2H3,(H,13,14). The van der Waals surface area contributed by atoms with Crippen LogP contribution in [0.3, 0.4) is 0 Å². The van der Waals surface area contributed by atoms with Crippen molar-refractivity contribution in [3.05, 3.63) is 29.8 Å². The van der Waals surface area contributed by atoms with Gasteiger partial charge in [0, 0.05) is 5.69 Å². The Morgan fingerprint density at radius 1 is 1.57 bits per heavy atom. The Labute approximate surface area is 83.3 Å². The summed E-state index contributed by atoms with van der Waals surface area (Å²) in [6, 6.07) is 6.58. The van der Waals surface area contributed by atoms with E-state index in [4.69, 9.17) is 12.2 Å². The molecule has 3 N–H and O–H groups in total. The monoisotopic (exact) mass is 188 g/mol. The number of rotatable bonds is 2. The van der Waals surface area contributed by atoms with Gasteiger partial charge in [0.2, 0.25) is 0 Å². The Kier molecular flexibility index (Phi) is 3.14. The van der Waals surface area contributed by atoms with Crippen molar-refractivity contribution < 1.29 is 4.79 Å². The van der Waals surface area contributed by atoms with Crippen LogP contribution in [0.5, 0.6) is 0 Å². The molecular formula is C11H12N2O. The van der Waals surface area contributed by atoms with Crippen LogP contribution >= 0.6 is 0 Å². The molecule has 0 bridgehead atoms. The summed E-state index contributed by atoms with van der Waals surface area (Å²) in [7, 11) is 0. The number of carbonyl (C=O) groups excluding carboxylic acids is 1. The first-order valence-electron chi connectivity index (χ1n) is 4.26. The van der Waals surface area contributed by atoms with Crippen molar-refractivity contribution in [3.63, 3.8) is 0 Å². The third kappa shape index (κ3) is 2.27. The molecule has 1 aromatic rings. The van der Waals surface area contributed by atoms with Crippen LogP contribution in [0.15, 0.2) is 24.3 Å². The number of nitrogens with one attached hydrogen (secondary N) is 1. The number of nitrogen functional groups attached to an aromatic ring is 1. The van der Waals surface area contributed by atoms with Crippen LogP contribution in [0.4, 0.5) is 5.69 Å². The molecule has 0 heterocycles. The van der Waals surface area contributed by atoms with E-state index >= 15 is 0 Å². The van der Waals surface area contributed by atoms with Crippen LogP contribution in [0.2, 0.25) is 0 Å². The molecule has 1 rings (SSSR count). The summed E-state index contributed by atoms with van der Waals surface area (Å²) in [4.78, 5) is 11.5. The van der Waals surface area contributed by atoms with Crippen LogP contribution in [0.25, 0.3) is 0 Å². The topological polar surface area (TPSA) is 55.1 Å². The number of para-hydroxylation sites is 1. The normalized spacial score (nSPS) is 11.4.